The Labute approximate surface area is 218 Å². The Morgan fingerprint density at radius 1 is 1.14 bits per heavy atom. The van der Waals surface area contributed by atoms with Crippen LogP contribution in [0.25, 0.3) is 0 Å². The molecule has 8 nitrogen and oxygen atoms in total. The number of carbonyl (C=O) groups is 1. The average molecular weight is 553 g/mol. The van der Waals surface area contributed by atoms with Gasteiger partial charge < -0.3 is 4.74 Å². The fourth-order valence-electron chi connectivity index (χ4n) is 2.96. The maximum atomic E-state index is 13.7. The minimum atomic E-state index is -4.07. The molecule has 2 aromatic carbocycles. The fraction of sp³-hybridized carbons (Fsp3) is 0.348. The summed E-state index contributed by atoms with van der Waals surface area (Å²) in [7, 11) is -4.07. The normalized spacial score (nSPS) is 11.5. The van der Waals surface area contributed by atoms with Gasteiger partial charge in [0, 0.05) is 10.6 Å². The van der Waals surface area contributed by atoms with E-state index in [-0.39, 0.29) is 10.6 Å². The van der Waals surface area contributed by atoms with Crippen molar-refractivity contribution in [2.45, 2.75) is 34.9 Å². The van der Waals surface area contributed by atoms with Crippen molar-refractivity contribution < 1.29 is 17.9 Å². The van der Waals surface area contributed by atoms with Gasteiger partial charge in [0.25, 0.3) is 10.0 Å². The second kappa shape index (κ2) is 12.6. The lowest BCUT2D eigenvalue weighted by Crippen LogP contribution is -2.38. The zero-order valence-corrected chi connectivity index (χ0v) is 23.2. The molecule has 0 radical (unpaired) electrons. The van der Waals surface area contributed by atoms with Gasteiger partial charge in [0.1, 0.15) is 12.3 Å². The Balaban J connectivity index is 1.89. The lowest BCUT2D eigenvalue weighted by molar-refractivity contribution is -0.114. The molecule has 12 heteroatoms. The van der Waals surface area contributed by atoms with Crippen LogP contribution in [0.5, 0.6) is 5.75 Å². The first-order valence-corrected chi connectivity index (χ1v) is 15.4. The monoisotopic (exact) mass is 552 g/mol. The molecule has 1 aromatic heterocycles. The van der Waals surface area contributed by atoms with E-state index in [1.54, 1.807) is 60.3 Å². The number of benzene rings is 2. The van der Waals surface area contributed by atoms with Gasteiger partial charge in [-0.1, -0.05) is 49.1 Å². The minimum Gasteiger partial charge on any atom is -0.492 e. The number of carbonyl (C=O) groups excluding carboxylic acids is 1. The Kier molecular flexibility index (Phi) is 9.84. The molecule has 0 fully saturated rings. The molecular weight excluding hydrogens is 525 g/mol. The zero-order valence-electron chi connectivity index (χ0n) is 19.9. The average Bonchev–Trinajstić information content (AvgIpc) is 3.29. The standard InChI is InChI=1S/C23H28N4O4S4/c1-5-31-20-9-7-6-8-19(20)27(35(29,30)18-12-10-17(32-4)11-13-18)14-21(28)24-22-25-26-23(34-22)33-15-16(2)3/h6-13,16H,5,14-15H2,1-4H3,(H,24,25,28). The van der Waals surface area contributed by atoms with Crippen LogP contribution in [0, 0.1) is 5.92 Å². The Hall–Kier alpha value is -2.28. The SMILES string of the molecule is CCOc1ccccc1N(CC(=O)Nc1nnc(SCC(C)C)s1)S(=O)(=O)c1ccc(SC)cc1. The van der Waals surface area contributed by atoms with E-state index in [1.165, 1.54) is 23.1 Å². The number of hydrogen-bond donors (Lipinski definition) is 1. The highest BCUT2D eigenvalue weighted by molar-refractivity contribution is 8.01. The molecule has 0 aliphatic carbocycles. The van der Waals surface area contributed by atoms with E-state index in [1.807, 2.05) is 13.2 Å². The van der Waals surface area contributed by atoms with Gasteiger partial charge in [0.2, 0.25) is 11.0 Å². The highest BCUT2D eigenvalue weighted by atomic mass is 32.2. The molecule has 0 aliphatic rings. The smallest absolute Gasteiger partial charge is 0.264 e. The molecule has 1 heterocycles. The number of anilines is 2. The van der Waals surface area contributed by atoms with Crippen molar-refractivity contribution in [3.8, 4) is 5.75 Å². The summed E-state index contributed by atoms with van der Waals surface area (Å²) in [6.07, 6.45) is 1.92. The van der Waals surface area contributed by atoms with Crippen LogP contribution in [0.1, 0.15) is 20.8 Å². The van der Waals surface area contributed by atoms with E-state index in [2.05, 4.69) is 29.4 Å². The first-order chi connectivity index (χ1) is 16.7. The number of thioether (sulfide) groups is 2. The molecule has 0 aliphatic heterocycles. The number of amides is 1. The molecule has 0 spiro atoms. The lowest BCUT2D eigenvalue weighted by Gasteiger charge is -2.25. The summed E-state index contributed by atoms with van der Waals surface area (Å²) in [6.45, 7) is 5.93. The second-order valence-electron chi connectivity index (χ2n) is 7.71. The fourth-order valence-corrected chi connectivity index (χ4v) is 6.55. The van der Waals surface area contributed by atoms with E-state index in [4.69, 9.17) is 4.74 Å². The maximum absolute atomic E-state index is 13.7. The largest absolute Gasteiger partial charge is 0.492 e. The molecule has 188 valence electrons. The molecule has 0 saturated heterocycles. The molecule has 0 bridgehead atoms. The molecule has 1 amide bonds. The summed E-state index contributed by atoms with van der Waals surface area (Å²) in [6, 6.07) is 13.3. The topological polar surface area (TPSA) is 101 Å². The number of hydrogen-bond acceptors (Lipinski definition) is 9. The molecule has 1 N–H and O–H groups in total. The van der Waals surface area contributed by atoms with Gasteiger partial charge in [-0.15, -0.1) is 22.0 Å². The van der Waals surface area contributed by atoms with Crippen molar-refractivity contribution in [1.29, 1.82) is 0 Å². The zero-order chi connectivity index (χ0) is 25.4. The van der Waals surface area contributed by atoms with E-state index < -0.39 is 22.5 Å². The summed E-state index contributed by atoms with van der Waals surface area (Å²) in [5.41, 5.74) is 0.281. The van der Waals surface area contributed by atoms with Crippen LogP contribution < -0.4 is 14.4 Å². The predicted molar refractivity (Wildman–Crippen MR) is 144 cm³/mol. The molecule has 0 unspecified atom stereocenters. The molecule has 0 saturated carbocycles. The van der Waals surface area contributed by atoms with Crippen molar-refractivity contribution in [2.24, 2.45) is 5.92 Å². The van der Waals surface area contributed by atoms with Crippen LogP contribution in [0.4, 0.5) is 10.8 Å². The van der Waals surface area contributed by atoms with Crippen molar-refractivity contribution in [3.63, 3.8) is 0 Å². The third kappa shape index (κ3) is 7.35. The third-order valence-corrected chi connectivity index (χ3v) is 9.48. The minimum absolute atomic E-state index is 0.0812. The number of sulfonamides is 1. The van der Waals surface area contributed by atoms with Gasteiger partial charge in [-0.05, 0) is 55.5 Å². The van der Waals surface area contributed by atoms with Crippen LogP contribution in [0.15, 0.2) is 62.7 Å². The third-order valence-electron chi connectivity index (χ3n) is 4.56. The van der Waals surface area contributed by atoms with Gasteiger partial charge in [0.05, 0.1) is 17.2 Å². The Morgan fingerprint density at radius 3 is 2.51 bits per heavy atom. The van der Waals surface area contributed by atoms with Crippen LogP contribution in [0.2, 0.25) is 0 Å². The van der Waals surface area contributed by atoms with Gasteiger partial charge in [0.15, 0.2) is 4.34 Å². The first kappa shape index (κ1) is 27.3. The van der Waals surface area contributed by atoms with E-state index in [0.29, 0.717) is 23.4 Å². The number of ether oxygens (including phenoxy) is 1. The van der Waals surface area contributed by atoms with Gasteiger partial charge in [-0.25, -0.2) is 8.42 Å². The molecular formula is C23H28N4O4S4. The van der Waals surface area contributed by atoms with Crippen molar-refractivity contribution in [3.05, 3.63) is 48.5 Å². The van der Waals surface area contributed by atoms with E-state index in [0.717, 1.165) is 19.3 Å². The maximum Gasteiger partial charge on any atom is 0.264 e. The number of aromatic nitrogens is 2. The Morgan fingerprint density at radius 2 is 1.86 bits per heavy atom. The molecule has 35 heavy (non-hydrogen) atoms. The molecule has 3 aromatic rings. The number of para-hydroxylation sites is 2. The van der Waals surface area contributed by atoms with Crippen molar-refractivity contribution >= 4 is 61.6 Å². The lowest BCUT2D eigenvalue weighted by atomic mass is 10.3. The quantitative estimate of drug-likeness (QED) is 0.240. The summed E-state index contributed by atoms with van der Waals surface area (Å²) in [4.78, 5) is 14.0. The first-order valence-electron chi connectivity index (χ1n) is 10.9. The summed E-state index contributed by atoms with van der Waals surface area (Å²) >= 11 is 4.34. The van der Waals surface area contributed by atoms with Crippen LogP contribution in [-0.2, 0) is 14.8 Å². The highest BCUT2D eigenvalue weighted by Crippen LogP contribution is 2.33. The van der Waals surface area contributed by atoms with Crippen molar-refractivity contribution in [2.75, 3.05) is 34.8 Å². The molecule has 3 rings (SSSR count). The van der Waals surface area contributed by atoms with Crippen LogP contribution in [0.3, 0.4) is 0 Å². The number of nitrogens with one attached hydrogen (secondary N) is 1. The van der Waals surface area contributed by atoms with E-state index >= 15 is 0 Å². The van der Waals surface area contributed by atoms with Crippen LogP contribution >= 0.6 is 34.9 Å². The van der Waals surface area contributed by atoms with Gasteiger partial charge in [-0.3, -0.25) is 14.4 Å². The molecule has 0 atom stereocenters. The number of nitrogens with zero attached hydrogens (tertiary/aromatic N) is 3. The van der Waals surface area contributed by atoms with Crippen LogP contribution in [-0.4, -0.2) is 49.7 Å². The predicted octanol–water partition coefficient (Wildman–Crippen LogP) is 5.24. The summed E-state index contributed by atoms with van der Waals surface area (Å²) in [5, 5.41) is 11.1. The summed E-state index contributed by atoms with van der Waals surface area (Å²) < 4.78 is 34.9. The van der Waals surface area contributed by atoms with Gasteiger partial charge in [-0.2, -0.15) is 0 Å². The highest BCUT2D eigenvalue weighted by Gasteiger charge is 2.29. The van der Waals surface area contributed by atoms with E-state index in [9.17, 15) is 13.2 Å². The summed E-state index contributed by atoms with van der Waals surface area (Å²) in [5.74, 6) is 1.22. The van der Waals surface area contributed by atoms with Crippen molar-refractivity contribution in [1.82, 2.24) is 10.2 Å². The number of rotatable bonds is 12. The second-order valence-corrected chi connectivity index (χ2v) is 12.7. The van der Waals surface area contributed by atoms with Gasteiger partial charge >= 0.3 is 0 Å². The Bertz CT molecular complexity index is 1230.